The fraction of sp³-hybridized carbons (Fsp3) is 0.389. The number of hydrogen-bond donors (Lipinski definition) is 5. The lowest BCUT2D eigenvalue weighted by atomic mass is 10.1. The Hall–Kier alpha value is -5.88. The number of nitrogens with two attached hydrogens (primary N) is 3. The molecule has 16 nitrogen and oxygen atoms in total. The number of esters is 1. The quantitative estimate of drug-likeness (QED) is 0.0605. The van der Waals surface area contributed by atoms with Crippen molar-refractivity contribution in [2.45, 2.75) is 44.4 Å². The van der Waals surface area contributed by atoms with Crippen LogP contribution in [0.5, 0.6) is 5.75 Å². The normalized spacial score (nSPS) is 17.6. The lowest BCUT2D eigenvalue weighted by Gasteiger charge is -2.36. The van der Waals surface area contributed by atoms with E-state index >= 15 is 0 Å². The molecule has 0 radical (unpaired) electrons. The van der Waals surface area contributed by atoms with Crippen molar-refractivity contribution < 1.29 is 32.6 Å². The minimum absolute atomic E-state index is 0.0130. The number of halogens is 2. The van der Waals surface area contributed by atoms with Crippen molar-refractivity contribution in [3.05, 3.63) is 71.7 Å². The van der Waals surface area contributed by atoms with Crippen LogP contribution in [0.4, 0.5) is 20.3 Å². The summed E-state index contributed by atoms with van der Waals surface area (Å²) in [6.45, 7) is 3.97. The standard InChI is InChI=1S/C36H43F2N11O5/c1-20-16-21(46-31-32-45-19-27(49(32)11-10-42-31)24-7-8-28(53-2)30(38)29(24)37)5-6-23(20)33(50)47-12-14-48(15-13-47)34(51)26-17-22(18-44-26)54-35(52)25(39)4-3-9-43-36(40)41/h5-8,10-11,16,19,22,25-26,44H,3-4,9,12-15,17-18,39H2,1-2H3,(H,42,46)(H4,40,41,43)/t22-,25?,26+/m1/s1. The number of carbonyl (C=O) groups excluding carboxylic acids is 3. The first-order valence-electron chi connectivity index (χ1n) is 17.5. The number of ether oxygens (including phenoxy) is 2. The minimum Gasteiger partial charge on any atom is -0.494 e. The van der Waals surface area contributed by atoms with Gasteiger partial charge in [0.15, 0.2) is 29.0 Å². The van der Waals surface area contributed by atoms with Crippen molar-refractivity contribution in [1.29, 1.82) is 0 Å². The number of anilines is 2. The second kappa shape index (κ2) is 16.4. The van der Waals surface area contributed by atoms with Gasteiger partial charge in [0.2, 0.25) is 11.7 Å². The molecule has 4 aromatic rings. The van der Waals surface area contributed by atoms with E-state index in [-0.39, 0.29) is 29.1 Å². The Bertz CT molecular complexity index is 2060. The molecular weight excluding hydrogens is 704 g/mol. The molecule has 4 heterocycles. The van der Waals surface area contributed by atoms with Gasteiger partial charge in [-0.1, -0.05) is 0 Å². The third-order valence-corrected chi connectivity index (χ3v) is 9.51. The second-order valence-electron chi connectivity index (χ2n) is 13.1. The molecule has 18 heteroatoms. The van der Waals surface area contributed by atoms with Crippen LogP contribution in [0.1, 0.15) is 35.2 Å². The van der Waals surface area contributed by atoms with E-state index in [1.54, 1.807) is 32.5 Å². The molecule has 8 N–H and O–H groups in total. The summed E-state index contributed by atoms with van der Waals surface area (Å²) in [5.74, 6) is -2.79. The molecular formula is C36H43F2N11O5. The number of amides is 2. The molecule has 286 valence electrons. The van der Waals surface area contributed by atoms with E-state index in [1.165, 1.54) is 31.6 Å². The van der Waals surface area contributed by atoms with Gasteiger partial charge in [0, 0.05) is 74.9 Å². The number of nitrogens with one attached hydrogen (secondary N) is 2. The highest BCUT2D eigenvalue weighted by atomic mass is 19.2. The summed E-state index contributed by atoms with van der Waals surface area (Å²) in [6.07, 6.45) is 5.30. The van der Waals surface area contributed by atoms with Gasteiger partial charge in [-0.3, -0.25) is 23.8 Å². The third-order valence-electron chi connectivity index (χ3n) is 9.51. The number of rotatable bonds is 12. The van der Waals surface area contributed by atoms with Crippen LogP contribution in [0.15, 0.2) is 53.9 Å². The molecule has 2 amide bonds. The van der Waals surface area contributed by atoms with E-state index in [4.69, 9.17) is 26.7 Å². The molecule has 0 saturated carbocycles. The molecule has 0 spiro atoms. The predicted molar refractivity (Wildman–Crippen MR) is 196 cm³/mol. The molecule has 3 atom stereocenters. The van der Waals surface area contributed by atoms with Crippen molar-refractivity contribution in [3.63, 3.8) is 0 Å². The molecule has 2 fully saturated rings. The fourth-order valence-corrected chi connectivity index (χ4v) is 6.60. The molecule has 2 aliphatic heterocycles. The smallest absolute Gasteiger partial charge is 0.323 e. The summed E-state index contributed by atoms with van der Waals surface area (Å²) >= 11 is 0. The SMILES string of the molecule is COc1ccc(-c2cnc3c(Nc4ccc(C(=O)N5CCN(C(=O)[C@@H]6C[C@@H](OC(=O)C(N)CCCN=C(N)N)CN6)CC5)c(C)c4)nccn23)c(F)c1F. The number of benzene rings is 2. The number of imidazole rings is 1. The van der Waals surface area contributed by atoms with Gasteiger partial charge in [0.25, 0.3) is 5.91 Å². The molecule has 0 bridgehead atoms. The number of methoxy groups -OCH3 is 1. The Morgan fingerprint density at radius 3 is 2.56 bits per heavy atom. The lowest BCUT2D eigenvalue weighted by Crippen LogP contribution is -2.54. The fourth-order valence-electron chi connectivity index (χ4n) is 6.60. The lowest BCUT2D eigenvalue weighted by molar-refractivity contribution is -0.150. The van der Waals surface area contributed by atoms with Gasteiger partial charge < -0.3 is 47.1 Å². The van der Waals surface area contributed by atoms with Crippen molar-refractivity contribution in [1.82, 2.24) is 29.5 Å². The van der Waals surface area contributed by atoms with Gasteiger partial charge in [0.05, 0.1) is 25.0 Å². The number of aromatic nitrogens is 3. The van der Waals surface area contributed by atoms with Crippen molar-refractivity contribution >= 4 is 40.9 Å². The Morgan fingerprint density at radius 1 is 1.07 bits per heavy atom. The van der Waals surface area contributed by atoms with Crippen LogP contribution in [-0.4, -0.2) is 112 Å². The van der Waals surface area contributed by atoms with Crippen LogP contribution in [0.25, 0.3) is 16.9 Å². The maximum Gasteiger partial charge on any atom is 0.323 e. The number of aryl methyl sites for hydroxylation is 1. The summed E-state index contributed by atoms with van der Waals surface area (Å²) in [4.78, 5) is 55.4. The number of carbonyl (C=O) groups is 3. The zero-order valence-corrected chi connectivity index (χ0v) is 29.9. The summed E-state index contributed by atoms with van der Waals surface area (Å²) in [7, 11) is 1.26. The van der Waals surface area contributed by atoms with Crippen LogP contribution in [0.3, 0.4) is 0 Å². The average molecular weight is 748 g/mol. The number of aliphatic imine (C=N–C) groups is 1. The minimum atomic E-state index is -1.09. The Morgan fingerprint density at radius 2 is 1.83 bits per heavy atom. The van der Waals surface area contributed by atoms with Crippen LogP contribution in [-0.2, 0) is 14.3 Å². The van der Waals surface area contributed by atoms with E-state index < -0.39 is 35.8 Å². The van der Waals surface area contributed by atoms with Crippen LogP contribution in [0, 0.1) is 18.6 Å². The first-order chi connectivity index (χ1) is 25.9. The van der Waals surface area contributed by atoms with Gasteiger partial charge in [-0.2, -0.15) is 4.39 Å². The number of nitrogens with zero attached hydrogens (tertiary/aromatic N) is 6. The highest BCUT2D eigenvalue weighted by Gasteiger charge is 2.36. The first kappa shape index (κ1) is 37.9. The van der Waals surface area contributed by atoms with Crippen molar-refractivity contribution in [2.75, 3.05) is 51.7 Å². The van der Waals surface area contributed by atoms with Gasteiger partial charge in [0.1, 0.15) is 12.1 Å². The van der Waals surface area contributed by atoms with E-state index in [9.17, 15) is 23.2 Å². The van der Waals surface area contributed by atoms with Gasteiger partial charge in [-0.05, 0) is 55.7 Å². The highest BCUT2D eigenvalue weighted by molar-refractivity contribution is 5.96. The molecule has 2 saturated heterocycles. The van der Waals surface area contributed by atoms with E-state index in [2.05, 4.69) is 25.6 Å². The molecule has 0 aliphatic carbocycles. The number of guanidine groups is 1. The molecule has 2 aromatic carbocycles. The zero-order chi connectivity index (χ0) is 38.5. The monoisotopic (exact) mass is 747 g/mol. The van der Waals surface area contributed by atoms with Crippen LogP contribution >= 0.6 is 0 Å². The number of hydrogen-bond acceptors (Lipinski definition) is 11. The van der Waals surface area contributed by atoms with E-state index in [1.807, 2.05) is 13.0 Å². The molecule has 1 unspecified atom stereocenters. The Labute approximate surface area is 309 Å². The summed E-state index contributed by atoms with van der Waals surface area (Å²) in [6, 6.07) is 6.75. The molecule has 2 aromatic heterocycles. The van der Waals surface area contributed by atoms with E-state index in [0.717, 1.165) is 5.56 Å². The maximum atomic E-state index is 14.9. The third kappa shape index (κ3) is 8.18. The zero-order valence-electron chi connectivity index (χ0n) is 29.9. The predicted octanol–water partition coefficient (Wildman–Crippen LogP) is 1.67. The molecule has 2 aliphatic rings. The number of piperazine rings is 1. The largest absolute Gasteiger partial charge is 0.494 e. The van der Waals surface area contributed by atoms with Gasteiger partial charge >= 0.3 is 5.97 Å². The van der Waals surface area contributed by atoms with Crippen molar-refractivity contribution in [2.24, 2.45) is 22.2 Å². The Balaban J connectivity index is 1.01. The van der Waals surface area contributed by atoms with E-state index in [0.29, 0.717) is 86.9 Å². The molecule has 54 heavy (non-hydrogen) atoms. The number of fused-ring (bicyclic) bond motifs is 1. The summed E-state index contributed by atoms with van der Waals surface area (Å²) < 4.78 is 41.4. The van der Waals surface area contributed by atoms with Crippen LogP contribution < -0.4 is 32.6 Å². The maximum absolute atomic E-state index is 14.9. The van der Waals surface area contributed by atoms with Gasteiger partial charge in [-0.15, -0.1) is 0 Å². The average Bonchev–Trinajstić information content (AvgIpc) is 3.82. The second-order valence-corrected chi connectivity index (χ2v) is 13.1. The van der Waals surface area contributed by atoms with Gasteiger partial charge in [-0.25, -0.2) is 14.4 Å². The summed E-state index contributed by atoms with van der Waals surface area (Å²) in [5.41, 5.74) is 19.2. The molecule has 6 rings (SSSR count). The summed E-state index contributed by atoms with van der Waals surface area (Å²) in [5, 5.41) is 6.36. The Kier molecular flexibility index (Phi) is 11.5. The van der Waals surface area contributed by atoms with Crippen LogP contribution in [0.2, 0.25) is 0 Å². The first-order valence-corrected chi connectivity index (χ1v) is 17.5. The highest BCUT2D eigenvalue weighted by Crippen LogP contribution is 2.32. The topological polar surface area (TPSA) is 221 Å². The van der Waals surface area contributed by atoms with Crippen molar-refractivity contribution in [3.8, 4) is 17.0 Å².